The number of para-hydroxylation sites is 1. The molecule has 0 bridgehead atoms. The van der Waals surface area contributed by atoms with Gasteiger partial charge in [0.05, 0.1) is 11.9 Å². The number of benzene rings is 1. The predicted molar refractivity (Wildman–Crippen MR) is 132 cm³/mol. The van der Waals surface area contributed by atoms with Gasteiger partial charge in [-0.05, 0) is 84.4 Å². The van der Waals surface area contributed by atoms with Gasteiger partial charge in [0.2, 0.25) is 5.91 Å². The van der Waals surface area contributed by atoms with Crippen LogP contribution in [0, 0.1) is 19.8 Å². The number of hydrogen-bond donors (Lipinski definition) is 0. The van der Waals surface area contributed by atoms with Crippen LogP contribution in [-0.4, -0.2) is 58.1 Å². The molecule has 3 rings (SSSR count). The van der Waals surface area contributed by atoms with E-state index in [1.807, 2.05) is 64.6 Å². The van der Waals surface area contributed by atoms with Crippen molar-refractivity contribution in [2.45, 2.75) is 79.4 Å². The van der Waals surface area contributed by atoms with Crippen LogP contribution in [0.15, 0.2) is 24.3 Å². The van der Waals surface area contributed by atoms with Crippen molar-refractivity contribution in [2.24, 2.45) is 5.92 Å². The van der Waals surface area contributed by atoms with Gasteiger partial charge >= 0.3 is 6.09 Å². The van der Waals surface area contributed by atoms with Crippen molar-refractivity contribution < 1.29 is 14.3 Å². The zero-order valence-corrected chi connectivity index (χ0v) is 21.3. The van der Waals surface area contributed by atoms with Crippen LogP contribution in [-0.2, 0) is 16.0 Å². The lowest BCUT2D eigenvalue weighted by Crippen LogP contribution is -2.48. The largest absolute Gasteiger partial charge is 0.444 e. The molecule has 0 aliphatic carbocycles. The number of piperidine rings is 1. The second-order valence-corrected chi connectivity index (χ2v) is 10.6. The standard InChI is InChI=1S/C27H39N3O3/c1-18(2)30(26(32)33-27(5,6)7)17-21-11-10-14-29(16-21)25(31)15-23-19(3)22-12-8-9-13-24(22)28-20(23)4/h8-9,12-13,18,21H,10-11,14-17H2,1-7H3. The van der Waals surface area contributed by atoms with Gasteiger partial charge < -0.3 is 14.5 Å². The summed E-state index contributed by atoms with van der Waals surface area (Å²) in [5.74, 6) is 0.380. The van der Waals surface area contributed by atoms with E-state index in [4.69, 9.17) is 9.72 Å². The van der Waals surface area contributed by atoms with Gasteiger partial charge in [-0.25, -0.2) is 4.79 Å². The van der Waals surface area contributed by atoms with Crippen molar-refractivity contribution in [3.63, 3.8) is 0 Å². The van der Waals surface area contributed by atoms with Crippen LogP contribution in [0.2, 0.25) is 0 Å². The summed E-state index contributed by atoms with van der Waals surface area (Å²) < 4.78 is 5.62. The van der Waals surface area contributed by atoms with Crippen molar-refractivity contribution in [3.05, 3.63) is 41.1 Å². The van der Waals surface area contributed by atoms with Crippen molar-refractivity contribution in [3.8, 4) is 0 Å². The smallest absolute Gasteiger partial charge is 0.410 e. The highest BCUT2D eigenvalue weighted by Gasteiger charge is 2.30. The first-order valence-corrected chi connectivity index (χ1v) is 12.1. The summed E-state index contributed by atoms with van der Waals surface area (Å²) in [4.78, 5) is 34.5. The molecule has 1 aromatic heterocycles. The molecule has 33 heavy (non-hydrogen) atoms. The lowest BCUT2D eigenvalue weighted by molar-refractivity contribution is -0.132. The Morgan fingerprint density at radius 2 is 1.91 bits per heavy atom. The highest BCUT2D eigenvalue weighted by molar-refractivity contribution is 5.86. The van der Waals surface area contributed by atoms with E-state index in [1.165, 1.54) is 0 Å². The molecule has 2 amide bonds. The Morgan fingerprint density at radius 1 is 1.21 bits per heavy atom. The third kappa shape index (κ3) is 6.24. The minimum absolute atomic E-state index is 0.0416. The molecule has 1 unspecified atom stereocenters. The molecule has 180 valence electrons. The molecular weight excluding hydrogens is 414 g/mol. The van der Waals surface area contributed by atoms with Crippen LogP contribution in [0.25, 0.3) is 10.9 Å². The molecule has 0 radical (unpaired) electrons. The number of hydrogen-bond acceptors (Lipinski definition) is 4. The zero-order chi connectivity index (χ0) is 24.3. The van der Waals surface area contributed by atoms with E-state index in [0.29, 0.717) is 19.5 Å². The highest BCUT2D eigenvalue weighted by atomic mass is 16.6. The molecule has 1 fully saturated rings. The van der Waals surface area contributed by atoms with E-state index in [9.17, 15) is 9.59 Å². The van der Waals surface area contributed by atoms with Gasteiger partial charge in [0, 0.05) is 36.8 Å². The van der Waals surface area contributed by atoms with E-state index in [1.54, 1.807) is 4.90 Å². The van der Waals surface area contributed by atoms with Crippen LogP contribution in [0.4, 0.5) is 4.79 Å². The highest BCUT2D eigenvalue weighted by Crippen LogP contribution is 2.25. The summed E-state index contributed by atoms with van der Waals surface area (Å²) >= 11 is 0. The van der Waals surface area contributed by atoms with E-state index < -0.39 is 5.60 Å². The van der Waals surface area contributed by atoms with Crippen LogP contribution < -0.4 is 0 Å². The number of amides is 2. The molecule has 6 heteroatoms. The summed E-state index contributed by atoms with van der Waals surface area (Å²) in [6, 6.07) is 8.13. The Kier molecular flexibility index (Phi) is 7.65. The van der Waals surface area contributed by atoms with Crippen molar-refractivity contribution in [1.82, 2.24) is 14.8 Å². The maximum absolute atomic E-state index is 13.3. The number of aryl methyl sites for hydroxylation is 2. The van der Waals surface area contributed by atoms with Crippen LogP contribution in [0.3, 0.4) is 0 Å². The lowest BCUT2D eigenvalue weighted by Gasteiger charge is -2.37. The third-order valence-electron chi connectivity index (χ3n) is 6.39. The molecule has 0 saturated carbocycles. The molecule has 6 nitrogen and oxygen atoms in total. The molecule has 1 aromatic carbocycles. The van der Waals surface area contributed by atoms with E-state index in [2.05, 4.69) is 13.0 Å². The fourth-order valence-corrected chi connectivity index (χ4v) is 4.63. The van der Waals surface area contributed by atoms with Gasteiger partial charge in [-0.15, -0.1) is 0 Å². The number of fused-ring (bicyclic) bond motifs is 1. The number of nitrogens with zero attached hydrogens (tertiary/aromatic N) is 3. The Balaban J connectivity index is 1.69. The first kappa shape index (κ1) is 25.0. The summed E-state index contributed by atoms with van der Waals surface area (Å²) in [6.45, 7) is 15.8. The second-order valence-electron chi connectivity index (χ2n) is 10.6. The number of rotatable bonds is 5. The summed E-state index contributed by atoms with van der Waals surface area (Å²) in [5.41, 5.74) is 3.53. The van der Waals surface area contributed by atoms with Crippen molar-refractivity contribution in [1.29, 1.82) is 0 Å². The number of likely N-dealkylation sites (tertiary alicyclic amines) is 1. The van der Waals surface area contributed by atoms with E-state index >= 15 is 0 Å². The minimum atomic E-state index is -0.525. The Hall–Kier alpha value is -2.63. The van der Waals surface area contributed by atoms with E-state index in [-0.39, 0.29) is 24.0 Å². The molecular formula is C27H39N3O3. The number of carbonyl (C=O) groups excluding carboxylic acids is 2. The molecule has 1 aliphatic rings. The van der Waals surface area contributed by atoms with Crippen molar-refractivity contribution >= 4 is 22.9 Å². The zero-order valence-electron chi connectivity index (χ0n) is 21.3. The maximum atomic E-state index is 13.3. The number of aromatic nitrogens is 1. The first-order valence-electron chi connectivity index (χ1n) is 12.1. The second kappa shape index (κ2) is 10.1. The topological polar surface area (TPSA) is 62.7 Å². The fraction of sp³-hybridized carbons (Fsp3) is 0.593. The average Bonchev–Trinajstić information content (AvgIpc) is 2.73. The molecule has 1 atom stereocenters. The van der Waals surface area contributed by atoms with Crippen LogP contribution in [0.5, 0.6) is 0 Å². The predicted octanol–water partition coefficient (Wildman–Crippen LogP) is 5.28. The summed E-state index contributed by atoms with van der Waals surface area (Å²) in [7, 11) is 0. The van der Waals surface area contributed by atoms with Gasteiger partial charge in [0.1, 0.15) is 5.60 Å². The number of pyridine rings is 1. The molecule has 1 saturated heterocycles. The van der Waals surface area contributed by atoms with E-state index in [0.717, 1.165) is 47.1 Å². The van der Waals surface area contributed by atoms with Gasteiger partial charge in [-0.1, -0.05) is 18.2 Å². The third-order valence-corrected chi connectivity index (χ3v) is 6.39. The quantitative estimate of drug-likeness (QED) is 0.618. The van der Waals surface area contributed by atoms with Gasteiger partial charge in [-0.2, -0.15) is 0 Å². The minimum Gasteiger partial charge on any atom is -0.444 e. The molecule has 0 spiro atoms. The average molecular weight is 454 g/mol. The first-order chi connectivity index (χ1) is 15.5. The molecule has 2 heterocycles. The molecule has 1 aliphatic heterocycles. The fourth-order valence-electron chi connectivity index (χ4n) is 4.63. The number of carbonyl (C=O) groups is 2. The van der Waals surface area contributed by atoms with Gasteiger partial charge in [-0.3, -0.25) is 9.78 Å². The van der Waals surface area contributed by atoms with Crippen molar-refractivity contribution in [2.75, 3.05) is 19.6 Å². The Morgan fingerprint density at radius 3 is 2.58 bits per heavy atom. The number of ether oxygens (including phenoxy) is 1. The van der Waals surface area contributed by atoms with Crippen LogP contribution in [0.1, 0.15) is 64.3 Å². The molecule has 0 N–H and O–H groups in total. The lowest BCUT2D eigenvalue weighted by atomic mass is 9.95. The Labute approximate surface area is 198 Å². The Bertz CT molecular complexity index is 1010. The SMILES string of the molecule is Cc1nc2ccccc2c(C)c1CC(=O)N1CCCC(CN(C(=O)OC(C)(C)C)C(C)C)C1. The molecule has 2 aromatic rings. The summed E-state index contributed by atoms with van der Waals surface area (Å²) in [5, 5.41) is 1.10. The van der Waals surface area contributed by atoms with Crippen LogP contribution >= 0.6 is 0 Å². The summed E-state index contributed by atoms with van der Waals surface area (Å²) in [6.07, 6.45) is 2.03. The van der Waals surface area contributed by atoms with Gasteiger partial charge in [0.15, 0.2) is 0 Å². The normalized spacial score (nSPS) is 16.8. The monoisotopic (exact) mass is 453 g/mol. The maximum Gasteiger partial charge on any atom is 0.410 e. The van der Waals surface area contributed by atoms with Gasteiger partial charge in [0.25, 0.3) is 0 Å².